The molecule has 12 aromatic rings. The van der Waals surface area contributed by atoms with Crippen LogP contribution < -0.4 is 0 Å². The molecule has 0 unspecified atom stereocenters. The molecule has 0 amide bonds. The smallest absolute Gasteiger partial charge is 0.309 e. The highest BCUT2D eigenvalue weighted by Gasteiger charge is 2.41. The van der Waals surface area contributed by atoms with E-state index in [1.165, 1.54) is 16.2 Å². The maximum Gasteiger partial charge on any atom is 0.309 e. The Morgan fingerprint density at radius 1 is 0.303 bits per heavy atom. The Morgan fingerprint density at radius 3 is 0.803 bits per heavy atom. The standard InChI is InChI=1S/C60H42O6/c61-58(64-31-43-19-16-40-13-10-34-4-1-7-37-22-25-49(43)55(40)52(34)37)46-28-47(59(62)65-32-44-20-17-41-14-11-35-5-2-8-38-23-26-50(44)56(41)53(35)38)30-48(29-46)60(63)66-33-45-21-18-42-15-12-36-6-3-9-39-24-27-51(45)57(42)54(36)39/h1-27,46-48H,28-33H2. The molecule has 0 aliphatic heterocycles. The van der Waals surface area contributed by atoms with E-state index in [0.29, 0.717) is 0 Å². The first-order chi connectivity index (χ1) is 32.4. The van der Waals surface area contributed by atoms with Crippen molar-refractivity contribution in [2.45, 2.75) is 39.1 Å². The Kier molecular flexibility index (Phi) is 8.85. The van der Waals surface area contributed by atoms with Crippen LogP contribution in [0.25, 0.3) is 97.0 Å². The van der Waals surface area contributed by atoms with Crippen molar-refractivity contribution in [1.82, 2.24) is 0 Å². The molecule has 13 rings (SSSR count). The van der Waals surface area contributed by atoms with Crippen molar-refractivity contribution in [3.05, 3.63) is 180 Å². The highest BCUT2D eigenvalue weighted by atomic mass is 16.5. The van der Waals surface area contributed by atoms with Crippen LogP contribution >= 0.6 is 0 Å². The topological polar surface area (TPSA) is 78.9 Å². The van der Waals surface area contributed by atoms with Gasteiger partial charge in [-0.15, -0.1) is 0 Å². The van der Waals surface area contributed by atoms with Gasteiger partial charge in [0.05, 0.1) is 17.8 Å². The predicted molar refractivity (Wildman–Crippen MR) is 264 cm³/mol. The zero-order chi connectivity index (χ0) is 44.0. The summed E-state index contributed by atoms with van der Waals surface area (Å²) < 4.78 is 18.4. The second-order valence-corrected chi connectivity index (χ2v) is 18.4. The molecule has 1 fully saturated rings. The minimum atomic E-state index is -0.710. The average molecular weight is 859 g/mol. The molecule has 0 radical (unpaired) electrons. The first-order valence-corrected chi connectivity index (χ1v) is 22.9. The van der Waals surface area contributed by atoms with E-state index < -0.39 is 35.7 Å². The number of rotatable bonds is 9. The van der Waals surface area contributed by atoms with Gasteiger partial charge in [-0.1, -0.05) is 164 Å². The van der Waals surface area contributed by atoms with Gasteiger partial charge in [0.2, 0.25) is 0 Å². The van der Waals surface area contributed by atoms with Crippen LogP contribution in [0.2, 0.25) is 0 Å². The van der Waals surface area contributed by atoms with E-state index in [1.54, 1.807) is 0 Å². The molecule has 1 aliphatic rings. The largest absolute Gasteiger partial charge is 0.461 e. The summed E-state index contributed by atoms with van der Waals surface area (Å²) in [5, 5.41) is 20.5. The summed E-state index contributed by atoms with van der Waals surface area (Å²) in [6.07, 6.45) is 0.647. The third-order valence-electron chi connectivity index (χ3n) is 14.7. The highest BCUT2D eigenvalue weighted by Crippen LogP contribution is 2.41. The van der Waals surface area contributed by atoms with E-state index in [0.717, 1.165) is 97.5 Å². The lowest BCUT2D eigenvalue weighted by molar-refractivity contribution is -0.162. The lowest BCUT2D eigenvalue weighted by Gasteiger charge is -2.31. The first-order valence-electron chi connectivity index (χ1n) is 22.9. The van der Waals surface area contributed by atoms with Gasteiger partial charge in [-0.05, 0) is 133 Å². The molecule has 12 aromatic carbocycles. The van der Waals surface area contributed by atoms with Crippen LogP contribution in [0.1, 0.15) is 36.0 Å². The molecule has 66 heavy (non-hydrogen) atoms. The molecule has 1 aliphatic carbocycles. The second-order valence-electron chi connectivity index (χ2n) is 18.4. The molecule has 6 heteroatoms. The Labute approximate surface area is 379 Å². The van der Waals surface area contributed by atoms with Gasteiger partial charge in [-0.3, -0.25) is 14.4 Å². The fraction of sp³-hybridized carbons (Fsp3) is 0.150. The Bertz CT molecular complexity index is 3450. The summed E-state index contributed by atoms with van der Waals surface area (Å²) in [5.41, 5.74) is 2.70. The molecule has 0 bridgehead atoms. The molecule has 0 heterocycles. The molecule has 0 saturated heterocycles. The van der Waals surface area contributed by atoms with Gasteiger partial charge in [0, 0.05) is 0 Å². The SMILES string of the molecule is O=C(OCc1ccc2ccc3cccc4ccc1c2c34)C1CC(C(=O)OCc2ccc3ccc4cccc5ccc2c3c45)CC(C(=O)OCc2ccc3ccc4cccc5ccc2c3c45)C1. The fourth-order valence-electron chi connectivity index (χ4n) is 11.5. The Morgan fingerprint density at radius 2 is 0.530 bits per heavy atom. The van der Waals surface area contributed by atoms with Crippen LogP contribution in [0, 0.1) is 17.8 Å². The maximum absolute atomic E-state index is 14.2. The minimum Gasteiger partial charge on any atom is -0.461 e. The van der Waals surface area contributed by atoms with Crippen LogP contribution in [0.15, 0.2) is 164 Å². The van der Waals surface area contributed by atoms with Crippen molar-refractivity contribution < 1.29 is 28.6 Å². The van der Waals surface area contributed by atoms with Crippen molar-refractivity contribution in [2.75, 3.05) is 0 Å². The van der Waals surface area contributed by atoms with E-state index in [9.17, 15) is 14.4 Å². The monoisotopic (exact) mass is 858 g/mol. The number of carbonyl (C=O) groups is 3. The average Bonchev–Trinajstić information content (AvgIpc) is 3.37. The molecule has 0 aromatic heterocycles. The molecule has 0 atom stereocenters. The van der Waals surface area contributed by atoms with Crippen molar-refractivity contribution in [3.63, 3.8) is 0 Å². The van der Waals surface area contributed by atoms with Crippen LogP contribution in [-0.4, -0.2) is 17.9 Å². The second kappa shape index (κ2) is 15.1. The molecular formula is C60H42O6. The number of carbonyl (C=O) groups excluding carboxylic acids is 3. The van der Waals surface area contributed by atoms with Crippen molar-refractivity contribution in [1.29, 1.82) is 0 Å². The number of benzene rings is 12. The van der Waals surface area contributed by atoms with Crippen molar-refractivity contribution in [3.8, 4) is 0 Å². The van der Waals surface area contributed by atoms with Gasteiger partial charge < -0.3 is 14.2 Å². The maximum atomic E-state index is 14.2. The number of hydrogen-bond donors (Lipinski definition) is 0. The Hall–Kier alpha value is -7.83. The lowest BCUT2D eigenvalue weighted by Crippen LogP contribution is -2.37. The zero-order valence-electron chi connectivity index (χ0n) is 36.0. The van der Waals surface area contributed by atoms with Gasteiger partial charge in [-0.2, -0.15) is 0 Å². The number of esters is 3. The van der Waals surface area contributed by atoms with Gasteiger partial charge in [0.15, 0.2) is 0 Å². The number of ether oxygens (including phenoxy) is 3. The quantitative estimate of drug-likeness (QED) is 0.0817. The summed E-state index contributed by atoms with van der Waals surface area (Å²) >= 11 is 0. The third kappa shape index (κ3) is 6.19. The summed E-state index contributed by atoms with van der Waals surface area (Å²) in [7, 11) is 0. The van der Waals surface area contributed by atoms with E-state index in [1.807, 2.05) is 18.2 Å². The summed E-state index contributed by atoms with van der Waals surface area (Å²) in [5.74, 6) is -3.44. The van der Waals surface area contributed by atoms with Gasteiger partial charge in [0.1, 0.15) is 19.8 Å². The van der Waals surface area contributed by atoms with Gasteiger partial charge in [-0.25, -0.2) is 0 Å². The van der Waals surface area contributed by atoms with Crippen molar-refractivity contribution >= 4 is 115 Å². The summed E-state index contributed by atoms with van der Waals surface area (Å²) in [6, 6.07) is 56.8. The zero-order valence-corrected chi connectivity index (χ0v) is 36.0. The van der Waals surface area contributed by atoms with Crippen LogP contribution in [0.4, 0.5) is 0 Å². The third-order valence-corrected chi connectivity index (χ3v) is 14.7. The summed E-state index contributed by atoms with van der Waals surface area (Å²) in [4.78, 5) is 42.7. The van der Waals surface area contributed by atoms with E-state index >= 15 is 0 Å². The number of hydrogen-bond acceptors (Lipinski definition) is 6. The molecular weight excluding hydrogens is 817 g/mol. The molecule has 1 saturated carbocycles. The van der Waals surface area contributed by atoms with Gasteiger partial charge >= 0.3 is 17.9 Å². The van der Waals surface area contributed by atoms with Crippen LogP contribution in [0.5, 0.6) is 0 Å². The van der Waals surface area contributed by atoms with Crippen LogP contribution in [0.3, 0.4) is 0 Å². The molecule has 318 valence electrons. The molecule has 0 spiro atoms. The minimum absolute atomic E-state index is 0.0665. The highest BCUT2D eigenvalue weighted by molar-refractivity contribution is 6.25. The van der Waals surface area contributed by atoms with E-state index in [-0.39, 0.29) is 39.1 Å². The van der Waals surface area contributed by atoms with E-state index in [2.05, 4.69) is 146 Å². The lowest BCUT2D eigenvalue weighted by atomic mass is 9.75. The Balaban J connectivity index is 0.777. The molecule has 0 N–H and O–H groups in total. The van der Waals surface area contributed by atoms with Gasteiger partial charge in [0.25, 0.3) is 0 Å². The fourth-order valence-corrected chi connectivity index (χ4v) is 11.5. The summed E-state index contributed by atoms with van der Waals surface area (Å²) in [6.45, 7) is 0.200. The van der Waals surface area contributed by atoms with E-state index in [4.69, 9.17) is 14.2 Å². The normalized spacial score (nSPS) is 16.8. The van der Waals surface area contributed by atoms with Crippen LogP contribution in [-0.2, 0) is 48.4 Å². The predicted octanol–water partition coefficient (Wildman–Crippen LogP) is 13.9. The molecule has 6 nitrogen and oxygen atoms in total. The first kappa shape index (κ1) is 38.6. The van der Waals surface area contributed by atoms with Crippen molar-refractivity contribution in [2.24, 2.45) is 17.8 Å².